The zero-order chi connectivity index (χ0) is 19.4. The molecule has 0 aliphatic carbocycles. The van der Waals surface area contributed by atoms with Crippen molar-refractivity contribution >= 4 is 34.5 Å². The largest absolute Gasteiger partial charge is 0.497 e. The molecule has 0 saturated heterocycles. The van der Waals surface area contributed by atoms with Gasteiger partial charge in [0.05, 0.1) is 26.1 Å². The first kappa shape index (κ1) is 18.1. The molecular weight excluding hydrogens is 344 g/mol. The molecule has 8 nitrogen and oxygen atoms in total. The lowest BCUT2D eigenvalue weighted by Crippen LogP contribution is -2.14. The number of methoxy groups -OCH3 is 2. The highest BCUT2D eigenvalue weighted by atomic mass is 16.5. The van der Waals surface area contributed by atoms with Crippen molar-refractivity contribution in [2.24, 2.45) is 0 Å². The van der Waals surface area contributed by atoms with Crippen molar-refractivity contribution in [1.29, 1.82) is 0 Å². The lowest BCUT2D eigenvalue weighted by molar-refractivity contribution is 0.395. The Morgan fingerprint density at radius 3 is 2.33 bits per heavy atom. The fourth-order valence-electron chi connectivity index (χ4n) is 2.51. The van der Waals surface area contributed by atoms with Gasteiger partial charge in [0.25, 0.3) is 0 Å². The van der Waals surface area contributed by atoms with Gasteiger partial charge in [0.1, 0.15) is 11.5 Å². The van der Waals surface area contributed by atoms with Crippen molar-refractivity contribution in [3.05, 3.63) is 48.7 Å². The Morgan fingerprint density at radius 1 is 1.00 bits per heavy atom. The van der Waals surface area contributed by atoms with Crippen LogP contribution in [0, 0.1) is 0 Å². The van der Waals surface area contributed by atoms with Crippen molar-refractivity contribution in [3.63, 3.8) is 0 Å². The molecule has 3 aromatic rings. The standard InChI is InChI=1S/C19H22N6O2/c1-25(14-6-4-5-12(20)7-14)19-22-11-17(21)18(24-19)23-13-8-15(26-2)10-16(9-13)27-3/h4-11H,20-21H2,1-3H3,(H,22,23,24). The van der Waals surface area contributed by atoms with E-state index in [1.165, 1.54) is 0 Å². The van der Waals surface area contributed by atoms with Crippen LogP contribution in [0.2, 0.25) is 0 Å². The van der Waals surface area contributed by atoms with Crippen LogP contribution < -0.4 is 31.2 Å². The molecule has 1 aromatic heterocycles. The van der Waals surface area contributed by atoms with Crippen LogP contribution in [0.5, 0.6) is 11.5 Å². The Hall–Kier alpha value is -3.68. The summed E-state index contributed by atoms with van der Waals surface area (Å²) in [6.07, 6.45) is 1.56. The van der Waals surface area contributed by atoms with Gasteiger partial charge in [-0.15, -0.1) is 0 Å². The van der Waals surface area contributed by atoms with Crippen LogP contribution in [0.25, 0.3) is 0 Å². The minimum atomic E-state index is 0.418. The fourth-order valence-corrected chi connectivity index (χ4v) is 2.51. The van der Waals surface area contributed by atoms with Gasteiger partial charge in [-0.05, 0) is 18.2 Å². The van der Waals surface area contributed by atoms with Crippen molar-refractivity contribution in [2.45, 2.75) is 0 Å². The van der Waals surface area contributed by atoms with Gasteiger partial charge in [0.2, 0.25) is 5.95 Å². The summed E-state index contributed by atoms with van der Waals surface area (Å²) in [4.78, 5) is 10.7. The maximum atomic E-state index is 6.05. The molecule has 8 heteroatoms. The average molecular weight is 366 g/mol. The van der Waals surface area contributed by atoms with Crippen molar-refractivity contribution in [1.82, 2.24) is 9.97 Å². The first-order chi connectivity index (χ1) is 13.0. The zero-order valence-corrected chi connectivity index (χ0v) is 15.4. The molecular formula is C19H22N6O2. The molecule has 3 rings (SSSR count). The van der Waals surface area contributed by atoms with Crippen LogP contribution in [0.1, 0.15) is 0 Å². The molecule has 0 aliphatic heterocycles. The fraction of sp³-hybridized carbons (Fsp3) is 0.158. The quantitative estimate of drug-likeness (QED) is 0.570. The Labute approximate surface area is 157 Å². The van der Waals surface area contributed by atoms with E-state index < -0.39 is 0 Å². The lowest BCUT2D eigenvalue weighted by Gasteiger charge is -2.19. The number of benzene rings is 2. The first-order valence-corrected chi connectivity index (χ1v) is 8.22. The number of nitrogens with two attached hydrogens (primary N) is 2. The SMILES string of the molecule is COc1cc(Nc2nc(N(C)c3cccc(N)c3)ncc2N)cc(OC)c1. The van der Waals surface area contributed by atoms with E-state index in [1.807, 2.05) is 48.3 Å². The number of aromatic nitrogens is 2. The van der Waals surface area contributed by atoms with Crippen LogP contribution in [-0.4, -0.2) is 31.2 Å². The van der Waals surface area contributed by atoms with E-state index in [0.29, 0.717) is 34.6 Å². The highest BCUT2D eigenvalue weighted by Gasteiger charge is 2.12. The zero-order valence-electron chi connectivity index (χ0n) is 15.4. The molecule has 27 heavy (non-hydrogen) atoms. The summed E-state index contributed by atoms with van der Waals surface area (Å²) in [7, 11) is 5.05. The molecule has 0 aliphatic rings. The van der Waals surface area contributed by atoms with Crippen molar-refractivity contribution in [2.75, 3.05) is 43.0 Å². The summed E-state index contributed by atoms with van der Waals surface area (Å²) in [5, 5.41) is 3.19. The smallest absolute Gasteiger partial charge is 0.231 e. The number of anilines is 6. The van der Waals surface area contributed by atoms with Gasteiger partial charge in [-0.2, -0.15) is 4.98 Å². The molecule has 0 bridgehead atoms. The Morgan fingerprint density at radius 2 is 1.70 bits per heavy atom. The minimum Gasteiger partial charge on any atom is -0.497 e. The van der Waals surface area contributed by atoms with Gasteiger partial charge in [0, 0.05) is 42.3 Å². The predicted octanol–water partition coefficient (Wildman–Crippen LogP) is 3.17. The summed E-state index contributed by atoms with van der Waals surface area (Å²) in [5.41, 5.74) is 14.6. The van der Waals surface area contributed by atoms with Crippen molar-refractivity contribution < 1.29 is 9.47 Å². The molecule has 5 N–H and O–H groups in total. The molecule has 1 heterocycles. The van der Waals surface area contributed by atoms with Gasteiger partial charge in [0.15, 0.2) is 5.82 Å². The highest BCUT2D eigenvalue weighted by molar-refractivity contribution is 5.72. The van der Waals surface area contributed by atoms with Gasteiger partial charge in [-0.3, -0.25) is 0 Å². The predicted molar refractivity (Wildman–Crippen MR) is 108 cm³/mol. The average Bonchev–Trinajstić information content (AvgIpc) is 2.68. The van der Waals surface area contributed by atoms with Crippen LogP contribution in [0.3, 0.4) is 0 Å². The number of ether oxygens (including phenoxy) is 2. The van der Waals surface area contributed by atoms with Crippen LogP contribution >= 0.6 is 0 Å². The molecule has 0 spiro atoms. The van der Waals surface area contributed by atoms with E-state index in [0.717, 1.165) is 11.4 Å². The van der Waals surface area contributed by atoms with Gasteiger partial charge in [-0.1, -0.05) is 6.07 Å². The van der Waals surface area contributed by atoms with Gasteiger partial charge >= 0.3 is 0 Å². The van der Waals surface area contributed by atoms with E-state index in [9.17, 15) is 0 Å². The lowest BCUT2D eigenvalue weighted by atomic mass is 10.2. The summed E-state index contributed by atoms with van der Waals surface area (Å²) in [6, 6.07) is 12.9. The molecule has 0 unspecified atom stereocenters. The molecule has 0 saturated carbocycles. The Kier molecular flexibility index (Phi) is 5.16. The second-order valence-corrected chi connectivity index (χ2v) is 5.85. The molecule has 0 radical (unpaired) electrons. The third kappa shape index (κ3) is 4.12. The second-order valence-electron chi connectivity index (χ2n) is 5.85. The number of hydrogen-bond acceptors (Lipinski definition) is 8. The van der Waals surface area contributed by atoms with E-state index in [4.69, 9.17) is 20.9 Å². The second kappa shape index (κ2) is 7.69. The number of nitrogens with zero attached hydrogens (tertiary/aromatic N) is 3. The molecule has 0 fully saturated rings. The van der Waals surface area contributed by atoms with E-state index in [-0.39, 0.29) is 0 Å². The van der Waals surface area contributed by atoms with Crippen molar-refractivity contribution in [3.8, 4) is 11.5 Å². The summed E-state index contributed by atoms with van der Waals surface area (Å²) in [6.45, 7) is 0. The Balaban J connectivity index is 1.92. The van der Waals surface area contributed by atoms with Gasteiger partial charge < -0.3 is 31.2 Å². The van der Waals surface area contributed by atoms with E-state index in [1.54, 1.807) is 26.5 Å². The maximum Gasteiger partial charge on any atom is 0.231 e. The first-order valence-electron chi connectivity index (χ1n) is 8.22. The summed E-state index contributed by atoms with van der Waals surface area (Å²) < 4.78 is 10.6. The monoisotopic (exact) mass is 366 g/mol. The number of nitrogen functional groups attached to an aromatic ring is 2. The number of nitrogens with one attached hydrogen (secondary N) is 1. The normalized spacial score (nSPS) is 10.3. The Bertz CT molecular complexity index is 925. The topological polar surface area (TPSA) is 112 Å². The summed E-state index contributed by atoms with van der Waals surface area (Å²) >= 11 is 0. The molecule has 0 atom stereocenters. The number of rotatable bonds is 6. The molecule has 2 aromatic carbocycles. The maximum absolute atomic E-state index is 6.05. The molecule has 0 amide bonds. The minimum absolute atomic E-state index is 0.418. The van der Waals surface area contributed by atoms with E-state index >= 15 is 0 Å². The third-order valence-electron chi connectivity index (χ3n) is 3.98. The summed E-state index contributed by atoms with van der Waals surface area (Å²) in [5.74, 6) is 2.27. The third-order valence-corrected chi connectivity index (χ3v) is 3.98. The highest BCUT2D eigenvalue weighted by Crippen LogP contribution is 2.30. The van der Waals surface area contributed by atoms with E-state index in [2.05, 4.69) is 15.3 Å². The van der Waals surface area contributed by atoms with Gasteiger partial charge in [-0.25, -0.2) is 4.98 Å². The van der Waals surface area contributed by atoms with Crippen LogP contribution in [0.15, 0.2) is 48.7 Å². The number of hydrogen-bond donors (Lipinski definition) is 3. The molecule has 140 valence electrons. The van der Waals surface area contributed by atoms with Crippen LogP contribution in [0.4, 0.5) is 34.5 Å². The van der Waals surface area contributed by atoms with Crippen LogP contribution in [-0.2, 0) is 0 Å².